The van der Waals surface area contributed by atoms with Gasteiger partial charge in [-0.2, -0.15) is 0 Å². The molecular formula is C20H19BrN2O. The first kappa shape index (κ1) is 15.6. The van der Waals surface area contributed by atoms with Crippen molar-refractivity contribution in [3.8, 4) is 0 Å². The van der Waals surface area contributed by atoms with E-state index in [0.717, 1.165) is 40.8 Å². The predicted molar refractivity (Wildman–Crippen MR) is 101 cm³/mol. The Kier molecular flexibility index (Phi) is 3.61. The van der Waals surface area contributed by atoms with Gasteiger partial charge in [-0.1, -0.05) is 37.3 Å². The lowest BCUT2D eigenvalue weighted by atomic mass is 9.82. The van der Waals surface area contributed by atoms with E-state index in [9.17, 15) is 4.79 Å². The van der Waals surface area contributed by atoms with Crippen molar-refractivity contribution in [2.24, 2.45) is 0 Å². The molecule has 1 aliphatic rings. The summed E-state index contributed by atoms with van der Waals surface area (Å²) in [7, 11) is 0. The zero-order valence-electron chi connectivity index (χ0n) is 13.8. The number of hydrogen-bond donors (Lipinski definition) is 0. The van der Waals surface area contributed by atoms with Crippen LogP contribution in [0.4, 0.5) is 0 Å². The normalized spacial score (nSPS) is 19.6. The van der Waals surface area contributed by atoms with Crippen LogP contribution in [0.15, 0.2) is 51.7 Å². The van der Waals surface area contributed by atoms with E-state index in [1.807, 2.05) is 29.7 Å². The second-order valence-corrected chi connectivity index (χ2v) is 7.86. The summed E-state index contributed by atoms with van der Waals surface area (Å²) < 4.78 is 2.77. The second kappa shape index (κ2) is 5.55. The number of nitrogens with zero attached hydrogens (tertiary/aromatic N) is 2. The maximum absolute atomic E-state index is 13.0. The topological polar surface area (TPSA) is 34.9 Å². The number of aromatic nitrogens is 2. The summed E-state index contributed by atoms with van der Waals surface area (Å²) in [6.07, 6.45) is 1.84. The summed E-state index contributed by atoms with van der Waals surface area (Å²) in [4.78, 5) is 17.9. The number of rotatable bonds is 2. The molecule has 1 aliphatic heterocycles. The molecule has 122 valence electrons. The standard InChI is InChI=1S/C20H19BrN2O/c1-13-10-15-17(16(21)11-13)22-19-20(2,8-9-23(19)18(15)24)12-14-6-4-3-5-7-14/h3-7,10-11H,8-9,12H2,1-2H3. The third kappa shape index (κ3) is 2.40. The fourth-order valence-corrected chi connectivity index (χ4v) is 4.43. The highest BCUT2D eigenvalue weighted by molar-refractivity contribution is 9.10. The van der Waals surface area contributed by atoms with Crippen LogP contribution in [-0.2, 0) is 18.4 Å². The number of halogens is 1. The minimum Gasteiger partial charge on any atom is -0.296 e. The molecule has 1 atom stereocenters. The third-order valence-corrected chi connectivity index (χ3v) is 5.63. The van der Waals surface area contributed by atoms with E-state index < -0.39 is 0 Å². The van der Waals surface area contributed by atoms with Gasteiger partial charge >= 0.3 is 0 Å². The van der Waals surface area contributed by atoms with Gasteiger partial charge in [0.1, 0.15) is 5.82 Å². The molecule has 4 rings (SSSR count). The van der Waals surface area contributed by atoms with Crippen LogP contribution in [0.3, 0.4) is 0 Å². The van der Waals surface area contributed by atoms with E-state index in [-0.39, 0.29) is 11.0 Å². The van der Waals surface area contributed by atoms with Crippen molar-refractivity contribution in [2.75, 3.05) is 0 Å². The number of benzene rings is 2. The van der Waals surface area contributed by atoms with Crippen molar-refractivity contribution in [1.82, 2.24) is 9.55 Å². The van der Waals surface area contributed by atoms with Crippen molar-refractivity contribution in [2.45, 2.75) is 38.6 Å². The van der Waals surface area contributed by atoms with E-state index in [1.165, 1.54) is 5.56 Å². The molecule has 0 bridgehead atoms. The summed E-state index contributed by atoms with van der Waals surface area (Å²) in [5, 5.41) is 0.703. The average molecular weight is 383 g/mol. The van der Waals surface area contributed by atoms with Crippen molar-refractivity contribution >= 4 is 26.8 Å². The van der Waals surface area contributed by atoms with Gasteiger partial charge in [0.2, 0.25) is 0 Å². The number of hydrogen-bond acceptors (Lipinski definition) is 2. The molecule has 3 nitrogen and oxygen atoms in total. The fourth-order valence-electron chi connectivity index (χ4n) is 3.77. The van der Waals surface area contributed by atoms with Gasteiger partial charge in [-0.05, 0) is 59.0 Å². The van der Waals surface area contributed by atoms with Gasteiger partial charge in [-0.3, -0.25) is 9.36 Å². The van der Waals surface area contributed by atoms with E-state index >= 15 is 0 Å². The molecule has 24 heavy (non-hydrogen) atoms. The van der Waals surface area contributed by atoms with Crippen molar-refractivity contribution < 1.29 is 0 Å². The van der Waals surface area contributed by atoms with E-state index in [4.69, 9.17) is 4.98 Å². The highest BCUT2D eigenvalue weighted by Crippen LogP contribution is 2.37. The van der Waals surface area contributed by atoms with Gasteiger partial charge < -0.3 is 0 Å². The maximum Gasteiger partial charge on any atom is 0.261 e. The van der Waals surface area contributed by atoms with Crippen LogP contribution in [-0.4, -0.2) is 9.55 Å². The second-order valence-electron chi connectivity index (χ2n) is 7.01. The van der Waals surface area contributed by atoms with E-state index in [2.05, 4.69) is 47.1 Å². The Morgan fingerprint density at radius 1 is 1.25 bits per heavy atom. The first-order valence-corrected chi connectivity index (χ1v) is 9.02. The van der Waals surface area contributed by atoms with Crippen LogP contribution >= 0.6 is 15.9 Å². The monoisotopic (exact) mass is 382 g/mol. The van der Waals surface area contributed by atoms with Crippen LogP contribution in [0.5, 0.6) is 0 Å². The molecule has 4 heteroatoms. The lowest BCUT2D eigenvalue weighted by molar-refractivity contribution is 0.456. The highest BCUT2D eigenvalue weighted by atomic mass is 79.9. The van der Waals surface area contributed by atoms with Crippen LogP contribution in [0.1, 0.15) is 30.3 Å². The quantitative estimate of drug-likeness (QED) is 0.659. The molecule has 0 saturated carbocycles. The largest absolute Gasteiger partial charge is 0.296 e. The Balaban J connectivity index is 1.90. The molecule has 0 radical (unpaired) electrons. The van der Waals surface area contributed by atoms with Crippen molar-refractivity contribution in [1.29, 1.82) is 0 Å². The molecular weight excluding hydrogens is 364 g/mol. The Morgan fingerprint density at radius 3 is 2.75 bits per heavy atom. The molecule has 2 heterocycles. The Hall–Kier alpha value is -1.94. The molecule has 0 fully saturated rings. The van der Waals surface area contributed by atoms with Gasteiger partial charge in [0, 0.05) is 16.4 Å². The lowest BCUT2D eigenvalue weighted by Gasteiger charge is -2.23. The molecule has 0 amide bonds. The Morgan fingerprint density at radius 2 is 2.00 bits per heavy atom. The predicted octanol–water partition coefficient (Wildman–Crippen LogP) is 4.37. The van der Waals surface area contributed by atoms with Gasteiger partial charge in [0.15, 0.2) is 0 Å². The van der Waals surface area contributed by atoms with E-state index in [1.54, 1.807) is 0 Å². The van der Waals surface area contributed by atoms with Crippen molar-refractivity contribution in [3.63, 3.8) is 0 Å². The first-order chi connectivity index (χ1) is 11.5. The summed E-state index contributed by atoms with van der Waals surface area (Å²) in [6, 6.07) is 14.4. The third-order valence-electron chi connectivity index (χ3n) is 5.02. The molecule has 1 unspecified atom stereocenters. The van der Waals surface area contributed by atoms with Crippen LogP contribution < -0.4 is 5.56 Å². The van der Waals surface area contributed by atoms with Crippen LogP contribution in [0.25, 0.3) is 10.9 Å². The molecule has 0 aliphatic carbocycles. The molecule has 1 aromatic heterocycles. The zero-order valence-corrected chi connectivity index (χ0v) is 15.4. The lowest BCUT2D eigenvalue weighted by Crippen LogP contribution is -2.28. The van der Waals surface area contributed by atoms with Gasteiger partial charge in [-0.15, -0.1) is 0 Å². The van der Waals surface area contributed by atoms with Crippen LogP contribution in [0, 0.1) is 6.92 Å². The molecule has 0 spiro atoms. The Labute approximate surface area is 149 Å². The van der Waals surface area contributed by atoms with Crippen molar-refractivity contribution in [3.05, 3.63) is 74.2 Å². The summed E-state index contributed by atoms with van der Waals surface area (Å²) >= 11 is 3.58. The van der Waals surface area contributed by atoms with Gasteiger partial charge in [0.25, 0.3) is 5.56 Å². The molecule has 0 N–H and O–H groups in total. The molecule has 3 aromatic rings. The fraction of sp³-hybridized carbons (Fsp3) is 0.300. The Bertz CT molecular complexity index is 994. The van der Waals surface area contributed by atoms with Gasteiger partial charge in [0.05, 0.1) is 10.9 Å². The minimum absolute atomic E-state index is 0.0798. The summed E-state index contributed by atoms with van der Waals surface area (Å²) in [5.74, 6) is 0.911. The highest BCUT2D eigenvalue weighted by Gasteiger charge is 2.37. The number of fused-ring (bicyclic) bond motifs is 2. The number of aryl methyl sites for hydroxylation is 1. The summed E-state index contributed by atoms with van der Waals surface area (Å²) in [6.45, 7) is 4.96. The SMILES string of the molecule is Cc1cc(Br)c2nc3n(c(=O)c2c1)CCC3(C)Cc1ccccc1. The first-order valence-electron chi connectivity index (χ1n) is 8.23. The van der Waals surface area contributed by atoms with Gasteiger partial charge in [-0.25, -0.2) is 4.98 Å². The zero-order chi connectivity index (χ0) is 16.9. The molecule has 0 saturated heterocycles. The average Bonchev–Trinajstić information content (AvgIpc) is 2.87. The smallest absolute Gasteiger partial charge is 0.261 e. The maximum atomic E-state index is 13.0. The molecule has 2 aromatic carbocycles. The minimum atomic E-state index is -0.112. The van der Waals surface area contributed by atoms with Crippen LogP contribution in [0.2, 0.25) is 0 Å². The van der Waals surface area contributed by atoms with E-state index in [0.29, 0.717) is 5.39 Å². The summed E-state index contributed by atoms with van der Waals surface area (Å²) in [5.41, 5.74) is 3.10.